The van der Waals surface area contributed by atoms with E-state index >= 15 is 0 Å². The Balaban J connectivity index is 2.14. The number of aryl methyl sites for hydroxylation is 2. The van der Waals surface area contributed by atoms with Gasteiger partial charge in [-0.05, 0) is 43.1 Å². The number of hydrogen-bond donors (Lipinski definition) is 0. The monoisotopic (exact) mass is 249 g/mol. The van der Waals surface area contributed by atoms with Crippen molar-refractivity contribution >= 4 is 10.9 Å². The van der Waals surface area contributed by atoms with Crippen LogP contribution in [0.4, 0.5) is 0 Å². The predicted molar refractivity (Wildman–Crippen MR) is 79.9 cm³/mol. The molecule has 0 radical (unpaired) electrons. The van der Waals surface area contributed by atoms with Crippen molar-refractivity contribution in [1.29, 1.82) is 0 Å². The molecule has 2 rings (SSSR count). The molecule has 1 saturated heterocycles. The molecule has 2 unspecified atom stereocenters. The number of benzene rings is 1. The van der Waals surface area contributed by atoms with Crippen molar-refractivity contribution in [3.63, 3.8) is 0 Å². The molecule has 0 bridgehead atoms. The van der Waals surface area contributed by atoms with Gasteiger partial charge in [-0.25, -0.2) is 0 Å². The SMILES string of the molecule is CCCC[S+]1CCCC1c1ccc(C)cc1C. The largest absolute Gasteiger partial charge is 0.143 e. The third kappa shape index (κ3) is 3.07. The summed E-state index contributed by atoms with van der Waals surface area (Å²) in [6, 6.07) is 7.05. The van der Waals surface area contributed by atoms with Crippen LogP contribution in [-0.4, -0.2) is 11.5 Å². The van der Waals surface area contributed by atoms with Crippen LogP contribution in [-0.2, 0) is 10.9 Å². The molecular formula is C16H25S+. The molecular weight excluding hydrogens is 224 g/mol. The molecule has 0 saturated carbocycles. The molecule has 0 spiro atoms. The predicted octanol–water partition coefficient (Wildman–Crippen LogP) is 4.56. The molecule has 1 heterocycles. The standard InChI is InChI=1S/C16H25S/c1-4-5-10-17-11-6-7-16(17)15-9-8-13(2)12-14(15)3/h8-9,12,16H,4-7,10-11H2,1-3H3/q+1. The molecule has 0 aliphatic carbocycles. The van der Waals surface area contributed by atoms with Gasteiger partial charge in [-0.15, -0.1) is 0 Å². The van der Waals surface area contributed by atoms with E-state index in [0.29, 0.717) is 10.9 Å². The molecule has 1 aliphatic heterocycles. The summed E-state index contributed by atoms with van der Waals surface area (Å²) in [5.74, 6) is 2.95. The van der Waals surface area contributed by atoms with Gasteiger partial charge in [0.15, 0.2) is 0 Å². The normalized spacial score (nSPS) is 24.2. The van der Waals surface area contributed by atoms with Crippen LogP contribution in [0.1, 0.15) is 54.5 Å². The highest BCUT2D eigenvalue weighted by atomic mass is 32.2. The summed E-state index contributed by atoms with van der Waals surface area (Å²) >= 11 is 0. The molecule has 1 aromatic carbocycles. The van der Waals surface area contributed by atoms with E-state index in [1.165, 1.54) is 48.3 Å². The van der Waals surface area contributed by atoms with Crippen molar-refractivity contribution in [2.24, 2.45) is 0 Å². The van der Waals surface area contributed by atoms with Crippen molar-refractivity contribution < 1.29 is 0 Å². The summed E-state index contributed by atoms with van der Waals surface area (Å²) in [4.78, 5) is 0. The maximum absolute atomic E-state index is 2.40. The maximum Gasteiger partial charge on any atom is 0.143 e. The summed E-state index contributed by atoms with van der Waals surface area (Å²) in [7, 11) is 0.667. The molecule has 17 heavy (non-hydrogen) atoms. The van der Waals surface area contributed by atoms with E-state index in [0.717, 1.165) is 5.25 Å². The fraction of sp³-hybridized carbons (Fsp3) is 0.625. The smallest absolute Gasteiger partial charge is 0.0652 e. The van der Waals surface area contributed by atoms with Crippen LogP contribution in [0.2, 0.25) is 0 Å². The van der Waals surface area contributed by atoms with Crippen molar-refractivity contribution in [2.45, 2.75) is 51.7 Å². The first-order chi connectivity index (χ1) is 8.22. The molecule has 0 N–H and O–H groups in total. The number of unbranched alkanes of at least 4 members (excludes halogenated alkanes) is 1. The van der Waals surface area contributed by atoms with Crippen molar-refractivity contribution in [1.82, 2.24) is 0 Å². The van der Waals surface area contributed by atoms with Crippen molar-refractivity contribution in [2.75, 3.05) is 11.5 Å². The first-order valence-electron chi connectivity index (χ1n) is 6.96. The third-order valence-corrected chi connectivity index (χ3v) is 6.73. The van der Waals surface area contributed by atoms with E-state index in [4.69, 9.17) is 0 Å². The van der Waals surface area contributed by atoms with Crippen LogP contribution in [0, 0.1) is 13.8 Å². The van der Waals surface area contributed by atoms with Gasteiger partial charge in [0.2, 0.25) is 0 Å². The van der Waals surface area contributed by atoms with E-state index in [1.54, 1.807) is 5.56 Å². The number of hydrogen-bond acceptors (Lipinski definition) is 0. The summed E-state index contributed by atoms with van der Waals surface area (Å²) in [5, 5.41) is 0.877. The molecule has 0 aromatic heterocycles. The molecule has 0 nitrogen and oxygen atoms in total. The fourth-order valence-corrected chi connectivity index (χ4v) is 5.95. The molecule has 1 fully saturated rings. The van der Waals surface area contributed by atoms with Crippen LogP contribution in [0.15, 0.2) is 18.2 Å². The van der Waals surface area contributed by atoms with E-state index in [2.05, 4.69) is 39.0 Å². The minimum Gasteiger partial charge on any atom is -0.0652 e. The Bertz CT molecular complexity index is 370. The Morgan fingerprint density at radius 1 is 1.29 bits per heavy atom. The van der Waals surface area contributed by atoms with Crippen LogP contribution < -0.4 is 0 Å². The quantitative estimate of drug-likeness (QED) is 0.686. The van der Waals surface area contributed by atoms with E-state index in [9.17, 15) is 0 Å². The molecule has 94 valence electrons. The summed E-state index contributed by atoms with van der Waals surface area (Å²) < 4.78 is 0. The fourth-order valence-electron chi connectivity index (χ4n) is 2.86. The average Bonchev–Trinajstić information content (AvgIpc) is 2.74. The van der Waals surface area contributed by atoms with Gasteiger partial charge in [0, 0.05) is 12.0 Å². The van der Waals surface area contributed by atoms with E-state index in [-0.39, 0.29) is 0 Å². The zero-order valence-corrected chi connectivity index (χ0v) is 12.3. The van der Waals surface area contributed by atoms with Gasteiger partial charge in [0.1, 0.15) is 16.8 Å². The summed E-state index contributed by atoms with van der Waals surface area (Å²) in [5.41, 5.74) is 4.57. The van der Waals surface area contributed by atoms with E-state index in [1.807, 2.05) is 0 Å². The van der Waals surface area contributed by atoms with Gasteiger partial charge in [0.25, 0.3) is 0 Å². The van der Waals surface area contributed by atoms with Crippen LogP contribution in [0.3, 0.4) is 0 Å². The van der Waals surface area contributed by atoms with Gasteiger partial charge in [-0.3, -0.25) is 0 Å². The summed E-state index contributed by atoms with van der Waals surface area (Å²) in [6.07, 6.45) is 5.65. The van der Waals surface area contributed by atoms with Crippen LogP contribution in [0.25, 0.3) is 0 Å². The van der Waals surface area contributed by atoms with Gasteiger partial charge < -0.3 is 0 Å². The maximum atomic E-state index is 2.40. The Labute approximate surface area is 109 Å². The highest BCUT2D eigenvalue weighted by Gasteiger charge is 2.37. The topological polar surface area (TPSA) is 0 Å². The lowest BCUT2D eigenvalue weighted by molar-refractivity contribution is 0.820. The van der Waals surface area contributed by atoms with Crippen molar-refractivity contribution in [3.8, 4) is 0 Å². The number of rotatable bonds is 4. The van der Waals surface area contributed by atoms with E-state index < -0.39 is 0 Å². The average molecular weight is 249 g/mol. The molecule has 2 atom stereocenters. The highest BCUT2D eigenvalue weighted by Crippen LogP contribution is 2.38. The molecule has 1 aromatic rings. The van der Waals surface area contributed by atoms with Crippen LogP contribution in [0.5, 0.6) is 0 Å². The zero-order chi connectivity index (χ0) is 12.3. The minimum absolute atomic E-state index is 0.667. The Morgan fingerprint density at radius 3 is 2.82 bits per heavy atom. The first-order valence-corrected chi connectivity index (χ1v) is 8.58. The Morgan fingerprint density at radius 2 is 2.12 bits per heavy atom. The molecule has 1 heteroatoms. The molecule has 1 aliphatic rings. The van der Waals surface area contributed by atoms with Crippen LogP contribution >= 0.6 is 0 Å². The van der Waals surface area contributed by atoms with Gasteiger partial charge in [0.05, 0.1) is 0 Å². The minimum atomic E-state index is 0.667. The first kappa shape index (κ1) is 13.0. The highest BCUT2D eigenvalue weighted by molar-refractivity contribution is 7.97. The van der Waals surface area contributed by atoms with Gasteiger partial charge in [-0.1, -0.05) is 37.1 Å². The van der Waals surface area contributed by atoms with Gasteiger partial charge in [-0.2, -0.15) is 0 Å². The second kappa shape index (κ2) is 5.95. The second-order valence-corrected chi connectivity index (χ2v) is 7.75. The summed E-state index contributed by atoms with van der Waals surface area (Å²) in [6.45, 7) is 6.80. The second-order valence-electron chi connectivity index (χ2n) is 5.29. The Kier molecular flexibility index (Phi) is 4.55. The van der Waals surface area contributed by atoms with Gasteiger partial charge >= 0.3 is 0 Å². The lowest BCUT2D eigenvalue weighted by Crippen LogP contribution is -2.14. The van der Waals surface area contributed by atoms with Crippen molar-refractivity contribution in [3.05, 3.63) is 34.9 Å². The lowest BCUT2D eigenvalue weighted by atomic mass is 10.0. The zero-order valence-electron chi connectivity index (χ0n) is 11.5. The lowest BCUT2D eigenvalue weighted by Gasteiger charge is -2.14. The molecule has 0 amide bonds. The third-order valence-electron chi connectivity index (χ3n) is 3.81. The Hall–Kier alpha value is -0.430.